The first-order chi connectivity index (χ1) is 10.9. The highest BCUT2D eigenvalue weighted by atomic mass is 79.9. The molecule has 3 saturated carbocycles. The first-order valence-corrected chi connectivity index (χ1v) is 14.1. The second-order valence-electron chi connectivity index (χ2n) is 10.3. The van der Waals surface area contributed by atoms with Crippen LogP contribution in [0.3, 0.4) is 0 Å². The minimum atomic E-state index is -1.68. The van der Waals surface area contributed by atoms with Gasteiger partial charge < -0.3 is 4.43 Å². The molecule has 3 aliphatic rings. The third kappa shape index (κ3) is 3.05. The van der Waals surface area contributed by atoms with E-state index in [-0.39, 0.29) is 0 Å². The Balaban J connectivity index is 1.80. The van der Waals surface area contributed by atoms with Crippen LogP contribution in [-0.2, 0) is 4.43 Å². The van der Waals surface area contributed by atoms with E-state index < -0.39 is 8.32 Å². The van der Waals surface area contributed by atoms with Crippen molar-refractivity contribution in [1.82, 2.24) is 0 Å². The summed E-state index contributed by atoms with van der Waals surface area (Å²) >= 11 is 7.17. The van der Waals surface area contributed by atoms with Gasteiger partial charge in [-0.2, -0.15) is 0 Å². The molecule has 4 heteroatoms. The van der Waals surface area contributed by atoms with Gasteiger partial charge in [0, 0.05) is 6.10 Å². The zero-order valence-electron chi connectivity index (χ0n) is 16.2. The van der Waals surface area contributed by atoms with E-state index in [2.05, 4.69) is 78.7 Å². The van der Waals surface area contributed by atoms with E-state index >= 15 is 0 Å². The van der Waals surface area contributed by atoms with Crippen molar-refractivity contribution in [2.24, 2.45) is 22.7 Å². The fraction of sp³-hybridized carbons (Fsp3) is 0.900. The normalized spacial score (nSPS) is 42.1. The first-order valence-electron chi connectivity index (χ1n) is 9.64. The van der Waals surface area contributed by atoms with Gasteiger partial charge >= 0.3 is 0 Å². The second kappa shape index (κ2) is 6.20. The van der Waals surface area contributed by atoms with Crippen LogP contribution < -0.4 is 0 Å². The van der Waals surface area contributed by atoms with E-state index in [4.69, 9.17) is 4.43 Å². The molecular weight excluding hydrogens is 444 g/mol. The van der Waals surface area contributed by atoms with Gasteiger partial charge in [-0.1, -0.05) is 40.2 Å². The van der Waals surface area contributed by atoms with E-state index in [0.717, 1.165) is 15.2 Å². The molecule has 3 fully saturated rings. The number of hydrogen-bond donors (Lipinski definition) is 0. The van der Waals surface area contributed by atoms with Gasteiger partial charge in [-0.25, -0.2) is 0 Å². The van der Waals surface area contributed by atoms with E-state index in [1.807, 2.05) is 0 Å². The van der Waals surface area contributed by atoms with E-state index in [0.29, 0.717) is 22.0 Å². The summed E-state index contributed by atoms with van der Waals surface area (Å²) in [6.45, 7) is 14.6. The van der Waals surface area contributed by atoms with Crippen LogP contribution in [0, 0.1) is 22.7 Å². The van der Waals surface area contributed by atoms with Gasteiger partial charge in [0.25, 0.3) is 0 Å². The zero-order valence-corrected chi connectivity index (χ0v) is 20.4. The molecule has 0 unspecified atom stereocenters. The molecule has 0 N–H and O–H groups in total. The Bertz CT molecular complexity index is 534. The third-order valence-electron chi connectivity index (χ3n) is 8.20. The van der Waals surface area contributed by atoms with Crippen molar-refractivity contribution in [3.63, 3.8) is 0 Å². The molecule has 0 aliphatic heterocycles. The molecule has 24 heavy (non-hydrogen) atoms. The van der Waals surface area contributed by atoms with Crippen LogP contribution in [0.1, 0.15) is 66.2 Å². The summed E-state index contributed by atoms with van der Waals surface area (Å²) in [5, 5.41) is 0.308. The van der Waals surface area contributed by atoms with Crippen molar-refractivity contribution in [2.45, 2.75) is 90.5 Å². The quantitative estimate of drug-likeness (QED) is 0.380. The molecule has 0 aromatic carbocycles. The van der Waals surface area contributed by atoms with E-state index in [1.54, 1.807) is 0 Å². The molecule has 0 aromatic rings. The lowest BCUT2D eigenvalue weighted by Crippen LogP contribution is -2.50. The van der Waals surface area contributed by atoms with Gasteiger partial charge in [0.1, 0.15) is 0 Å². The zero-order chi connectivity index (χ0) is 18.0. The maximum Gasteiger partial charge on any atom is 0.192 e. The highest BCUT2D eigenvalue weighted by Gasteiger charge is 2.70. The number of halogens is 2. The van der Waals surface area contributed by atoms with Crippen molar-refractivity contribution < 1.29 is 4.43 Å². The Morgan fingerprint density at radius 2 is 1.83 bits per heavy atom. The second-order valence-corrected chi connectivity index (χ2v) is 17.8. The van der Waals surface area contributed by atoms with Crippen LogP contribution in [0.15, 0.2) is 9.47 Å². The highest BCUT2D eigenvalue weighted by Crippen LogP contribution is 2.76. The Labute approximate surface area is 166 Å². The van der Waals surface area contributed by atoms with Crippen LogP contribution in [0.25, 0.3) is 0 Å². The van der Waals surface area contributed by atoms with Crippen LogP contribution >= 0.6 is 31.9 Å². The van der Waals surface area contributed by atoms with Crippen molar-refractivity contribution in [2.75, 3.05) is 0 Å². The Hall–Kier alpha value is 0.877. The van der Waals surface area contributed by atoms with Crippen molar-refractivity contribution in [3.8, 4) is 0 Å². The molecule has 5 atom stereocenters. The van der Waals surface area contributed by atoms with E-state index in [1.165, 1.54) is 38.5 Å². The number of hydrogen-bond acceptors (Lipinski definition) is 1. The standard InChI is InChI=1S/C20H34Br2OSi/c1-18(2,3)24(5,6)23-16-8-7-10-19(4)15(16)9-11-20(19)13-14(20)12-17(21)22/h12,14-16H,7-11,13H2,1-6H3/t14-,15-,16-,19-,20-/m0/s1. The molecule has 138 valence electrons. The monoisotopic (exact) mass is 476 g/mol. The lowest BCUT2D eigenvalue weighted by Gasteiger charge is -2.49. The number of rotatable bonds is 3. The molecule has 0 bridgehead atoms. The summed E-state index contributed by atoms with van der Waals surface area (Å²) in [6.07, 6.45) is 11.1. The van der Waals surface area contributed by atoms with Gasteiger partial charge in [0.05, 0.1) is 3.39 Å². The molecule has 0 heterocycles. The molecule has 3 rings (SSSR count). The van der Waals surface area contributed by atoms with Crippen LogP contribution in [0.5, 0.6) is 0 Å². The minimum absolute atomic E-state index is 0.308. The smallest absolute Gasteiger partial charge is 0.192 e. The van der Waals surface area contributed by atoms with Gasteiger partial charge in [-0.3, -0.25) is 0 Å². The molecule has 0 aromatic heterocycles. The maximum absolute atomic E-state index is 6.96. The number of allylic oxidation sites excluding steroid dienone is 1. The van der Waals surface area contributed by atoms with Gasteiger partial charge in [0.2, 0.25) is 0 Å². The fourth-order valence-corrected chi connectivity index (χ4v) is 7.66. The lowest BCUT2D eigenvalue weighted by atomic mass is 9.62. The molecule has 3 aliphatic carbocycles. The van der Waals surface area contributed by atoms with Gasteiger partial charge in [-0.05, 0) is 105 Å². The summed E-state index contributed by atoms with van der Waals surface area (Å²) in [4.78, 5) is 0. The van der Waals surface area contributed by atoms with E-state index in [9.17, 15) is 0 Å². The van der Waals surface area contributed by atoms with Crippen molar-refractivity contribution in [3.05, 3.63) is 9.47 Å². The van der Waals surface area contributed by atoms with Crippen LogP contribution in [0.4, 0.5) is 0 Å². The van der Waals surface area contributed by atoms with Crippen LogP contribution in [-0.4, -0.2) is 14.4 Å². The van der Waals surface area contributed by atoms with Crippen LogP contribution in [0.2, 0.25) is 18.1 Å². The SMILES string of the molecule is CC(C)(C)[Si](C)(C)O[C@H]1CCC[C@@]2(C)[C@H]1CC[C@@]21C[C@@H]1C=C(Br)Br. The van der Waals surface area contributed by atoms with Gasteiger partial charge in [-0.15, -0.1) is 0 Å². The molecule has 0 amide bonds. The summed E-state index contributed by atoms with van der Waals surface area (Å²) < 4.78 is 8.10. The summed E-state index contributed by atoms with van der Waals surface area (Å²) in [6, 6.07) is 0. The molecule has 0 radical (unpaired) electrons. The fourth-order valence-electron chi connectivity index (χ4n) is 5.63. The molecule has 1 spiro atoms. The predicted molar refractivity (Wildman–Crippen MR) is 113 cm³/mol. The largest absolute Gasteiger partial charge is 0.414 e. The summed E-state index contributed by atoms with van der Waals surface area (Å²) in [7, 11) is -1.68. The minimum Gasteiger partial charge on any atom is -0.414 e. The number of fused-ring (bicyclic) bond motifs is 2. The predicted octanol–water partition coefficient (Wildman–Crippen LogP) is 7.61. The molecule has 1 nitrogen and oxygen atoms in total. The maximum atomic E-state index is 6.96. The Kier molecular flexibility index (Phi) is 5.08. The summed E-state index contributed by atoms with van der Waals surface area (Å²) in [5.74, 6) is 1.53. The average Bonchev–Trinajstić information content (AvgIpc) is 3.00. The molecular formula is C20H34Br2OSi. The Morgan fingerprint density at radius 1 is 1.17 bits per heavy atom. The van der Waals surface area contributed by atoms with Gasteiger partial charge in [0.15, 0.2) is 8.32 Å². The third-order valence-corrected chi connectivity index (χ3v) is 13.2. The first kappa shape index (κ1) is 19.6. The highest BCUT2D eigenvalue weighted by molar-refractivity contribution is 9.28. The van der Waals surface area contributed by atoms with Crippen molar-refractivity contribution in [1.29, 1.82) is 0 Å². The summed E-state index contributed by atoms with van der Waals surface area (Å²) in [5.41, 5.74) is 1.04. The lowest BCUT2D eigenvalue weighted by molar-refractivity contribution is -0.0187. The van der Waals surface area contributed by atoms with Crippen molar-refractivity contribution >= 4 is 40.2 Å². The topological polar surface area (TPSA) is 9.23 Å². The molecule has 0 saturated heterocycles. The Morgan fingerprint density at radius 3 is 2.42 bits per heavy atom. The average molecular weight is 478 g/mol.